The molecule has 1 aromatic rings. The van der Waals surface area contributed by atoms with Crippen molar-refractivity contribution in [3.05, 3.63) is 29.6 Å². The predicted octanol–water partition coefficient (Wildman–Crippen LogP) is 4.12. The van der Waals surface area contributed by atoms with Crippen LogP contribution >= 0.6 is 0 Å². The molecule has 0 amide bonds. The van der Waals surface area contributed by atoms with Gasteiger partial charge in [0.2, 0.25) is 0 Å². The Hall–Kier alpha value is -1.09. The second-order valence-corrected chi connectivity index (χ2v) is 6.02. The topological polar surface area (TPSA) is 15.3 Å². The standard InChI is InChI=1S/C17H27FN2/c1-4-19-13(2)15-9-10-17(16(18)11-15)20(3)12-14-7-5-6-8-14/h9-11,13-14,19H,4-8,12H2,1-3H3. The highest BCUT2D eigenvalue weighted by Gasteiger charge is 2.19. The Balaban J connectivity index is 2.04. The molecule has 1 fully saturated rings. The molecule has 1 saturated carbocycles. The maximum absolute atomic E-state index is 14.3. The van der Waals surface area contributed by atoms with Gasteiger partial charge in [-0.15, -0.1) is 0 Å². The fraction of sp³-hybridized carbons (Fsp3) is 0.647. The fourth-order valence-electron chi connectivity index (χ4n) is 3.20. The molecule has 2 nitrogen and oxygen atoms in total. The average Bonchev–Trinajstić information content (AvgIpc) is 2.91. The van der Waals surface area contributed by atoms with Crippen LogP contribution in [0.2, 0.25) is 0 Å². The summed E-state index contributed by atoms with van der Waals surface area (Å²) in [7, 11) is 2.00. The van der Waals surface area contributed by atoms with Crippen LogP contribution < -0.4 is 10.2 Å². The third kappa shape index (κ3) is 3.72. The number of hydrogen-bond donors (Lipinski definition) is 1. The fourth-order valence-corrected chi connectivity index (χ4v) is 3.20. The first kappa shape index (κ1) is 15.3. The summed E-state index contributed by atoms with van der Waals surface area (Å²) in [6.45, 7) is 6.00. The van der Waals surface area contributed by atoms with Crippen molar-refractivity contribution in [1.82, 2.24) is 5.32 Å². The lowest BCUT2D eigenvalue weighted by atomic mass is 10.1. The molecular formula is C17H27FN2. The van der Waals surface area contributed by atoms with Crippen LogP contribution in [-0.2, 0) is 0 Å². The van der Waals surface area contributed by atoms with Crippen molar-refractivity contribution >= 4 is 5.69 Å². The van der Waals surface area contributed by atoms with E-state index in [1.807, 2.05) is 19.2 Å². The second-order valence-electron chi connectivity index (χ2n) is 6.02. The Labute approximate surface area is 122 Å². The van der Waals surface area contributed by atoms with Crippen molar-refractivity contribution in [2.75, 3.05) is 25.0 Å². The summed E-state index contributed by atoms with van der Waals surface area (Å²) >= 11 is 0. The van der Waals surface area contributed by atoms with Gasteiger partial charge in [-0.05, 0) is 49.9 Å². The zero-order valence-electron chi connectivity index (χ0n) is 13.0. The first-order valence-electron chi connectivity index (χ1n) is 7.85. The number of nitrogens with zero attached hydrogens (tertiary/aromatic N) is 1. The molecular weight excluding hydrogens is 251 g/mol. The summed E-state index contributed by atoms with van der Waals surface area (Å²) in [4.78, 5) is 2.08. The molecule has 0 saturated heterocycles. The van der Waals surface area contributed by atoms with E-state index in [4.69, 9.17) is 0 Å². The molecule has 1 aliphatic rings. The van der Waals surface area contributed by atoms with E-state index in [0.717, 1.165) is 30.3 Å². The van der Waals surface area contributed by atoms with Crippen LogP contribution in [-0.4, -0.2) is 20.1 Å². The molecule has 3 heteroatoms. The number of hydrogen-bond acceptors (Lipinski definition) is 2. The molecule has 20 heavy (non-hydrogen) atoms. The van der Waals surface area contributed by atoms with Crippen molar-refractivity contribution in [1.29, 1.82) is 0 Å². The van der Waals surface area contributed by atoms with E-state index < -0.39 is 0 Å². The number of nitrogens with one attached hydrogen (secondary N) is 1. The Morgan fingerprint density at radius 1 is 1.35 bits per heavy atom. The largest absolute Gasteiger partial charge is 0.372 e. The molecule has 1 N–H and O–H groups in total. The van der Waals surface area contributed by atoms with Gasteiger partial charge in [0.25, 0.3) is 0 Å². The van der Waals surface area contributed by atoms with Gasteiger partial charge in [0, 0.05) is 19.6 Å². The second kappa shape index (κ2) is 7.07. The van der Waals surface area contributed by atoms with Gasteiger partial charge in [0.1, 0.15) is 5.82 Å². The van der Waals surface area contributed by atoms with E-state index >= 15 is 0 Å². The molecule has 2 rings (SSSR count). The van der Waals surface area contributed by atoms with Crippen LogP contribution in [0.15, 0.2) is 18.2 Å². The normalized spacial score (nSPS) is 17.4. The SMILES string of the molecule is CCNC(C)c1ccc(N(C)CC2CCCC2)c(F)c1. The minimum Gasteiger partial charge on any atom is -0.372 e. The van der Waals surface area contributed by atoms with Crippen molar-refractivity contribution in [2.45, 2.75) is 45.6 Å². The van der Waals surface area contributed by atoms with Gasteiger partial charge in [0.15, 0.2) is 0 Å². The van der Waals surface area contributed by atoms with Crippen LogP contribution in [0.5, 0.6) is 0 Å². The quantitative estimate of drug-likeness (QED) is 0.842. The van der Waals surface area contributed by atoms with Crippen molar-refractivity contribution in [2.24, 2.45) is 5.92 Å². The molecule has 0 spiro atoms. The van der Waals surface area contributed by atoms with Gasteiger partial charge in [-0.3, -0.25) is 0 Å². The van der Waals surface area contributed by atoms with Gasteiger partial charge < -0.3 is 10.2 Å². The van der Waals surface area contributed by atoms with Crippen LogP contribution in [0, 0.1) is 11.7 Å². The molecule has 0 aromatic heterocycles. The summed E-state index contributed by atoms with van der Waals surface area (Å²) in [5, 5.41) is 3.32. The highest BCUT2D eigenvalue weighted by Crippen LogP contribution is 2.28. The summed E-state index contributed by atoms with van der Waals surface area (Å²) in [6, 6.07) is 5.83. The minimum atomic E-state index is -0.104. The van der Waals surface area contributed by atoms with Crippen LogP contribution in [0.1, 0.15) is 51.1 Å². The van der Waals surface area contributed by atoms with Crippen molar-refractivity contribution in [3.63, 3.8) is 0 Å². The van der Waals surface area contributed by atoms with E-state index in [0.29, 0.717) is 0 Å². The van der Waals surface area contributed by atoms with E-state index in [-0.39, 0.29) is 11.9 Å². The lowest BCUT2D eigenvalue weighted by molar-refractivity contribution is 0.537. The molecule has 0 aliphatic heterocycles. The smallest absolute Gasteiger partial charge is 0.146 e. The molecule has 1 aromatic carbocycles. The number of halogens is 1. The van der Waals surface area contributed by atoms with Gasteiger partial charge in [0.05, 0.1) is 5.69 Å². The summed E-state index contributed by atoms with van der Waals surface area (Å²) in [5.74, 6) is 0.632. The first-order valence-corrected chi connectivity index (χ1v) is 7.85. The third-order valence-corrected chi connectivity index (χ3v) is 4.40. The van der Waals surface area contributed by atoms with Gasteiger partial charge >= 0.3 is 0 Å². The summed E-state index contributed by atoms with van der Waals surface area (Å²) in [6.07, 6.45) is 5.25. The van der Waals surface area contributed by atoms with E-state index in [1.54, 1.807) is 6.07 Å². The molecule has 0 bridgehead atoms. The Morgan fingerprint density at radius 3 is 2.65 bits per heavy atom. The van der Waals surface area contributed by atoms with E-state index in [2.05, 4.69) is 24.1 Å². The van der Waals surface area contributed by atoms with E-state index in [9.17, 15) is 4.39 Å². The molecule has 1 unspecified atom stereocenters. The molecule has 0 heterocycles. The molecule has 112 valence electrons. The maximum Gasteiger partial charge on any atom is 0.146 e. The number of rotatable bonds is 6. The average molecular weight is 278 g/mol. The highest BCUT2D eigenvalue weighted by molar-refractivity contribution is 5.49. The summed E-state index contributed by atoms with van der Waals surface area (Å²) < 4.78 is 14.3. The predicted molar refractivity (Wildman–Crippen MR) is 83.7 cm³/mol. The van der Waals surface area contributed by atoms with Crippen LogP contribution in [0.4, 0.5) is 10.1 Å². The Bertz CT molecular complexity index is 427. The van der Waals surface area contributed by atoms with Crippen LogP contribution in [0.3, 0.4) is 0 Å². The van der Waals surface area contributed by atoms with Crippen molar-refractivity contribution in [3.8, 4) is 0 Å². The van der Waals surface area contributed by atoms with Gasteiger partial charge in [-0.25, -0.2) is 4.39 Å². The monoisotopic (exact) mass is 278 g/mol. The lowest BCUT2D eigenvalue weighted by Crippen LogP contribution is -2.25. The first-order chi connectivity index (χ1) is 9.61. The maximum atomic E-state index is 14.3. The minimum absolute atomic E-state index is 0.104. The van der Waals surface area contributed by atoms with Crippen molar-refractivity contribution < 1.29 is 4.39 Å². The zero-order valence-corrected chi connectivity index (χ0v) is 13.0. The molecule has 1 aliphatic carbocycles. The van der Waals surface area contributed by atoms with Gasteiger partial charge in [-0.2, -0.15) is 0 Å². The number of benzene rings is 1. The third-order valence-electron chi connectivity index (χ3n) is 4.40. The highest BCUT2D eigenvalue weighted by atomic mass is 19.1. The molecule has 1 atom stereocenters. The van der Waals surface area contributed by atoms with Gasteiger partial charge in [-0.1, -0.05) is 25.8 Å². The zero-order chi connectivity index (χ0) is 14.5. The Kier molecular flexibility index (Phi) is 5.41. The molecule has 0 radical (unpaired) electrons. The van der Waals surface area contributed by atoms with Crippen LogP contribution in [0.25, 0.3) is 0 Å². The summed E-state index contributed by atoms with van der Waals surface area (Å²) in [5.41, 5.74) is 1.74. The Morgan fingerprint density at radius 2 is 2.05 bits per heavy atom. The number of anilines is 1. The van der Waals surface area contributed by atoms with E-state index in [1.165, 1.54) is 25.7 Å². The lowest BCUT2D eigenvalue weighted by Gasteiger charge is -2.24.